The number of anilines is 2. The van der Waals surface area contributed by atoms with Crippen molar-refractivity contribution in [1.82, 2.24) is 44.7 Å². The minimum absolute atomic E-state index is 0. The Kier molecular flexibility index (Phi) is 11.9. The Morgan fingerprint density at radius 2 is 1.38 bits per heavy atom. The molecule has 0 saturated carbocycles. The summed E-state index contributed by atoms with van der Waals surface area (Å²) in [6.45, 7) is 15.7. The third-order valence-corrected chi connectivity index (χ3v) is 9.43. The van der Waals surface area contributed by atoms with Gasteiger partial charge in [0.05, 0.1) is 60.6 Å². The Morgan fingerprint density at radius 1 is 0.727 bits per heavy atom. The van der Waals surface area contributed by atoms with Gasteiger partial charge in [-0.15, -0.1) is 0 Å². The first-order valence-electron chi connectivity index (χ1n) is 18.1. The largest absolute Gasteiger partial charge is 0.438 e. The fraction of sp³-hybridized carbons (Fsp3) is 0.366. The van der Waals surface area contributed by atoms with E-state index in [0.717, 1.165) is 94.2 Å². The van der Waals surface area contributed by atoms with Crippen LogP contribution in [-0.4, -0.2) is 56.4 Å². The Labute approximate surface area is 322 Å². The van der Waals surface area contributed by atoms with Crippen molar-refractivity contribution >= 4 is 11.6 Å². The molecule has 2 aliphatic heterocycles. The van der Waals surface area contributed by atoms with E-state index in [2.05, 4.69) is 58.6 Å². The number of aryl methyl sites for hydroxylation is 2. The van der Waals surface area contributed by atoms with Gasteiger partial charge in [-0.05, 0) is 57.4 Å². The summed E-state index contributed by atoms with van der Waals surface area (Å²) in [5, 5.41) is 13.5. The summed E-state index contributed by atoms with van der Waals surface area (Å²) in [7, 11) is 0. The van der Waals surface area contributed by atoms with Gasteiger partial charge in [0.15, 0.2) is 5.75 Å². The zero-order valence-electron chi connectivity index (χ0n) is 31.6. The molecule has 55 heavy (non-hydrogen) atoms. The smallest absolute Gasteiger partial charge is 0.227 e. The monoisotopic (exact) mass is 743 g/mol. The second-order valence-corrected chi connectivity index (χ2v) is 13.9. The Bertz CT molecular complexity index is 2260. The second kappa shape index (κ2) is 17.0. The number of aliphatic hydroxyl groups excluding tert-OH is 1. The molecule has 7 heterocycles. The van der Waals surface area contributed by atoms with Crippen molar-refractivity contribution in [2.75, 3.05) is 16.4 Å². The summed E-state index contributed by atoms with van der Waals surface area (Å²) in [6.07, 6.45) is 9.53. The molecule has 286 valence electrons. The van der Waals surface area contributed by atoms with Crippen LogP contribution in [-0.2, 0) is 39.1 Å². The lowest BCUT2D eigenvalue weighted by Gasteiger charge is -2.20. The summed E-state index contributed by atoms with van der Waals surface area (Å²) in [4.78, 5) is 35.6. The summed E-state index contributed by atoms with van der Waals surface area (Å²) in [6, 6.07) is 11.6. The fourth-order valence-corrected chi connectivity index (χ4v) is 6.60. The summed E-state index contributed by atoms with van der Waals surface area (Å²) in [5.41, 5.74) is 8.20. The first kappa shape index (κ1) is 38.7. The maximum absolute atomic E-state index is 9.18. The SMILES string of the molecule is C.Cc1ccccc1Oc1ncnc(N2Cc3cnc(CC(C)C)nc3C2)c1C.Cc1ncccc1Oc1ncnc(N2Cc3cnn(CCO)c3C2)c1C. The standard InChI is InChI=1S/C22H25N5O.C18H20N6O2.CH4/c1-14(2)9-20-23-10-17-11-27(12-18(17)26-20)21-16(4)22(25-13-24-21)28-19-8-6-5-7-15(19)3;1-12-17(23-9-14-8-22-24(6-7-25)15(14)10-23)20-11-21-18(12)26-16-4-3-5-19-13(16)2;/h5-8,10,13-14H,9,11-12H2,1-4H3;3-5,8,11,25H,6-7,9-10H2,1-2H3;1H4. The number of fused-ring (bicyclic) bond motifs is 2. The van der Waals surface area contributed by atoms with Crippen LogP contribution in [0.25, 0.3) is 0 Å². The number of hydrogen-bond donors (Lipinski definition) is 1. The number of aliphatic hydroxyl groups is 1. The van der Waals surface area contributed by atoms with E-state index in [4.69, 9.17) is 14.5 Å². The van der Waals surface area contributed by atoms with Crippen molar-refractivity contribution in [3.63, 3.8) is 0 Å². The molecule has 5 aromatic heterocycles. The lowest BCUT2D eigenvalue weighted by Crippen LogP contribution is -2.20. The molecule has 6 aromatic rings. The van der Waals surface area contributed by atoms with Crippen LogP contribution in [0.15, 0.2) is 67.6 Å². The van der Waals surface area contributed by atoms with Crippen LogP contribution in [0.5, 0.6) is 23.3 Å². The molecule has 0 bridgehead atoms. The summed E-state index contributed by atoms with van der Waals surface area (Å²) < 4.78 is 13.9. The highest BCUT2D eigenvalue weighted by Crippen LogP contribution is 2.35. The molecule has 0 radical (unpaired) electrons. The van der Waals surface area contributed by atoms with Crippen LogP contribution in [0.4, 0.5) is 11.6 Å². The molecule has 0 saturated heterocycles. The van der Waals surface area contributed by atoms with Crippen molar-refractivity contribution in [2.24, 2.45) is 5.92 Å². The molecule has 1 N–H and O–H groups in total. The zero-order valence-corrected chi connectivity index (χ0v) is 31.6. The number of rotatable bonds is 10. The van der Waals surface area contributed by atoms with E-state index < -0.39 is 0 Å². The van der Waals surface area contributed by atoms with E-state index in [0.29, 0.717) is 36.5 Å². The van der Waals surface area contributed by atoms with Crippen LogP contribution >= 0.6 is 0 Å². The molecule has 0 amide bonds. The van der Waals surface area contributed by atoms with Gasteiger partial charge in [0.25, 0.3) is 0 Å². The molecule has 14 nitrogen and oxygen atoms in total. The second-order valence-electron chi connectivity index (χ2n) is 13.9. The lowest BCUT2D eigenvalue weighted by atomic mass is 10.1. The van der Waals surface area contributed by atoms with Crippen LogP contribution in [0.1, 0.15) is 72.0 Å². The summed E-state index contributed by atoms with van der Waals surface area (Å²) in [5.74, 6) is 5.78. The van der Waals surface area contributed by atoms with Gasteiger partial charge in [-0.3, -0.25) is 9.67 Å². The van der Waals surface area contributed by atoms with E-state index in [-0.39, 0.29) is 14.0 Å². The molecular formula is C41H49N11O3. The van der Waals surface area contributed by atoms with Crippen LogP contribution in [0.3, 0.4) is 0 Å². The molecule has 8 rings (SSSR count). The van der Waals surface area contributed by atoms with E-state index >= 15 is 0 Å². The maximum atomic E-state index is 9.18. The van der Waals surface area contributed by atoms with Crippen LogP contribution < -0.4 is 19.3 Å². The van der Waals surface area contributed by atoms with Gasteiger partial charge in [-0.25, -0.2) is 29.9 Å². The topological polar surface area (TPSA) is 153 Å². The number of para-hydroxylation sites is 1. The predicted molar refractivity (Wildman–Crippen MR) is 210 cm³/mol. The first-order chi connectivity index (χ1) is 26.2. The van der Waals surface area contributed by atoms with Gasteiger partial charge in [0.1, 0.15) is 35.9 Å². The highest BCUT2D eigenvalue weighted by molar-refractivity contribution is 5.55. The minimum Gasteiger partial charge on any atom is -0.438 e. The van der Waals surface area contributed by atoms with Crippen molar-refractivity contribution < 1.29 is 14.6 Å². The Hall–Kier alpha value is -6.02. The number of aromatic nitrogens is 9. The quantitative estimate of drug-likeness (QED) is 0.153. The van der Waals surface area contributed by atoms with Crippen LogP contribution in [0.2, 0.25) is 0 Å². The summed E-state index contributed by atoms with van der Waals surface area (Å²) >= 11 is 0. The van der Waals surface area contributed by atoms with E-state index in [9.17, 15) is 5.11 Å². The van der Waals surface area contributed by atoms with Crippen molar-refractivity contribution in [2.45, 2.75) is 88.1 Å². The zero-order chi connectivity index (χ0) is 37.8. The number of benzene rings is 1. The molecule has 0 fully saturated rings. The number of hydrogen-bond acceptors (Lipinski definition) is 13. The normalized spacial score (nSPS) is 12.9. The molecule has 1 aromatic carbocycles. The fourth-order valence-electron chi connectivity index (χ4n) is 6.60. The van der Waals surface area contributed by atoms with Crippen molar-refractivity contribution in [1.29, 1.82) is 0 Å². The van der Waals surface area contributed by atoms with Crippen LogP contribution in [0, 0.1) is 33.6 Å². The third-order valence-electron chi connectivity index (χ3n) is 9.43. The average molecular weight is 744 g/mol. The number of ether oxygens (including phenoxy) is 2. The minimum atomic E-state index is 0. The highest BCUT2D eigenvalue weighted by atomic mass is 16.5. The molecule has 0 atom stereocenters. The van der Waals surface area contributed by atoms with E-state index in [1.54, 1.807) is 12.5 Å². The average Bonchev–Trinajstić information content (AvgIpc) is 3.87. The maximum Gasteiger partial charge on any atom is 0.227 e. The highest BCUT2D eigenvalue weighted by Gasteiger charge is 2.28. The Morgan fingerprint density at radius 3 is 2.05 bits per heavy atom. The predicted octanol–water partition coefficient (Wildman–Crippen LogP) is 7.02. The molecule has 0 unspecified atom stereocenters. The van der Waals surface area contributed by atoms with E-state index in [1.807, 2.05) is 81.2 Å². The molecular weight excluding hydrogens is 695 g/mol. The van der Waals surface area contributed by atoms with Crippen molar-refractivity contribution in [3.05, 3.63) is 118 Å². The van der Waals surface area contributed by atoms with E-state index in [1.165, 1.54) is 6.33 Å². The van der Waals surface area contributed by atoms with Gasteiger partial charge in [0, 0.05) is 43.0 Å². The first-order valence-corrected chi connectivity index (χ1v) is 18.1. The van der Waals surface area contributed by atoms with Gasteiger partial charge >= 0.3 is 0 Å². The number of pyridine rings is 1. The van der Waals surface area contributed by atoms with Gasteiger partial charge in [-0.1, -0.05) is 39.5 Å². The molecule has 0 spiro atoms. The van der Waals surface area contributed by atoms with Gasteiger partial charge < -0.3 is 24.4 Å². The molecule has 2 aliphatic rings. The number of nitrogens with zero attached hydrogens (tertiary/aromatic N) is 11. The molecule has 0 aliphatic carbocycles. The van der Waals surface area contributed by atoms with Crippen molar-refractivity contribution in [3.8, 4) is 23.3 Å². The molecule has 14 heteroatoms. The lowest BCUT2D eigenvalue weighted by molar-refractivity contribution is 0.267. The van der Waals surface area contributed by atoms with Gasteiger partial charge in [0.2, 0.25) is 11.8 Å². The Balaban J connectivity index is 0.000000184. The third kappa shape index (κ3) is 8.54. The van der Waals surface area contributed by atoms with Gasteiger partial charge in [-0.2, -0.15) is 5.10 Å².